The quantitative estimate of drug-likeness (QED) is 0.138. The van der Waals surface area contributed by atoms with E-state index in [0.29, 0.717) is 16.9 Å². The molecule has 198 valence electrons. The van der Waals surface area contributed by atoms with Gasteiger partial charge in [-0.2, -0.15) is 15.5 Å². The lowest BCUT2D eigenvalue weighted by molar-refractivity contribution is -0.146. The molecule has 0 amide bonds. The number of rotatable bonds is 18. The first kappa shape index (κ1) is 19.4. The first-order valence-electron chi connectivity index (χ1n) is 15.6. The first-order chi connectivity index (χ1) is 20.9. The van der Waals surface area contributed by atoms with Crippen molar-refractivity contribution in [3.8, 4) is 11.8 Å². The SMILES string of the molecule is [2H]C([2H])(CCC([2H])([2H])C([2H])([2H])C(CO)COC(=O)CCCCC(=O)O)C([2H])([2H])Oc1ccc(N=Nc2ccc(C#N)cc2)cc1. The Morgan fingerprint density at radius 2 is 1.57 bits per heavy atom. The molecule has 2 rings (SSSR count). The zero-order valence-electron chi connectivity index (χ0n) is 28.2. The summed E-state index contributed by atoms with van der Waals surface area (Å²) in [4.78, 5) is 22.5. The summed E-state index contributed by atoms with van der Waals surface area (Å²) in [5.74, 6) is -3.34. The number of aliphatic hydroxyl groups excluding tert-OH is 1. The fraction of sp³-hybridized carbons (Fsp3) is 0.464. The molecule has 1 atom stereocenters. The largest absolute Gasteiger partial charge is 0.494 e. The van der Waals surface area contributed by atoms with Crippen molar-refractivity contribution in [2.45, 2.75) is 57.6 Å². The van der Waals surface area contributed by atoms with Crippen LogP contribution in [0.2, 0.25) is 0 Å². The van der Waals surface area contributed by atoms with Gasteiger partial charge >= 0.3 is 11.9 Å². The Kier molecular flexibility index (Phi) is 9.22. The van der Waals surface area contributed by atoms with E-state index in [1.807, 2.05) is 6.07 Å². The fourth-order valence-electron chi connectivity index (χ4n) is 2.74. The lowest BCUT2D eigenvalue weighted by Gasteiger charge is -2.14. The van der Waals surface area contributed by atoms with Crippen molar-refractivity contribution < 1.29 is 40.2 Å². The summed E-state index contributed by atoms with van der Waals surface area (Å²) in [6, 6.07) is 14.0. The van der Waals surface area contributed by atoms with Crippen LogP contribution in [0.5, 0.6) is 5.75 Å². The molecular formula is C28H35N3O6. The highest BCUT2D eigenvalue weighted by Crippen LogP contribution is 2.22. The van der Waals surface area contributed by atoms with Crippen LogP contribution in [0.25, 0.3) is 0 Å². The number of carboxylic acids is 1. The van der Waals surface area contributed by atoms with Gasteiger partial charge in [-0.1, -0.05) is 19.2 Å². The molecular weight excluding hydrogens is 474 g/mol. The van der Waals surface area contributed by atoms with Gasteiger partial charge in [0, 0.05) is 33.6 Å². The van der Waals surface area contributed by atoms with Crippen molar-refractivity contribution in [1.29, 1.82) is 5.26 Å². The van der Waals surface area contributed by atoms with E-state index in [9.17, 15) is 14.7 Å². The van der Waals surface area contributed by atoms with E-state index in [4.69, 9.17) is 30.8 Å². The van der Waals surface area contributed by atoms with Crippen LogP contribution < -0.4 is 4.74 Å². The highest BCUT2D eigenvalue weighted by Gasteiger charge is 2.11. The number of nitrogens with zero attached hydrogens (tertiary/aromatic N) is 3. The second kappa shape index (κ2) is 17.6. The lowest BCUT2D eigenvalue weighted by atomic mass is 10.0. The third-order valence-corrected chi connectivity index (χ3v) is 4.72. The zero-order chi connectivity index (χ0) is 33.9. The summed E-state index contributed by atoms with van der Waals surface area (Å²) in [7, 11) is 0. The highest BCUT2D eigenvalue weighted by molar-refractivity contribution is 5.69. The van der Waals surface area contributed by atoms with Crippen molar-refractivity contribution in [2.75, 3.05) is 19.8 Å². The van der Waals surface area contributed by atoms with Crippen LogP contribution in [0.3, 0.4) is 0 Å². The number of aliphatic hydroxyl groups is 1. The number of aliphatic carboxylic acids is 1. The van der Waals surface area contributed by atoms with E-state index in [0.717, 1.165) is 0 Å². The number of hydrogen-bond donors (Lipinski definition) is 2. The second-order valence-electron chi connectivity index (χ2n) is 7.72. The topological polar surface area (TPSA) is 142 Å². The average molecular weight is 518 g/mol. The first-order valence-corrected chi connectivity index (χ1v) is 11.6. The van der Waals surface area contributed by atoms with Gasteiger partial charge in [-0.3, -0.25) is 9.59 Å². The third-order valence-electron chi connectivity index (χ3n) is 4.72. The molecule has 0 aliphatic rings. The molecule has 0 aliphatic carbocycles. The van der Waals surface area contributed by atoms with Crippen molar-refractivity contribution in [3.63, 3.8) is 0 Å². The van der Waals surface area contributed by atoms with Gasteiger partial charge < -0.3 is 19.7 Å². The Hall–Kier alpha value is -3.77. The molecule has 9 nitrogen and oxygen atoms in total. The molecule has 0 fully saturated rings. The number of carbonyl (C=O) groups is 2. The minimum atomic E-state index is -2.96. The van der Waals surface area contributed by atoms with Crippen LogP contribution in [-0.2, 0) is 14.3 Å². The second-order valence-corrected chi connectivity index (χ2v) is 7.72. The average Bonchev–Trinajstić information content (AvgIpc) is 2.98. The normalized spacial score (nSPS) is 16.4. The number of nitriles is 1. The van der Waals surface area contributed by atoms with E-state index < -0.39 is 69.6 Å². The number of ether oxygens (including phenoxy) is 2. The highest BCUT2D eigenvalue weighted by atomic mass is 16.5. The molecule has 0 aromatic heterocycles. The molecule has 1 unspecified atom stereocenters. The number of esters is 1. The van der Waals surface area contributed by atoms with Crippen molar-refractivity contribution >= 4 is 23.3 Å². The van der Waals surface area contributed by atoms with E-state index in [2.05, 4.69) is 10.2 Å². The molecule has 2 N–H and O–H groups in total. The summed E-state index contributed by atoms with van der Waals surface area (Å²) in [6.45, 7) is -4.52. The summed E-state index contributed by atoms with van der Waals surface area (Å²) in [6.07, 6.45) is -9.80. The van der Waals surface area contributed by atoms with Crippen molar-refractivity contribution in [3.05, 3.63) is 54.1 Å². The maximum Gasteiger partial charge on any atom is 0.305 e. The molecule has 0 radical (unpaired) electrons. The zero-order valence-corrected chi connectivity index (χ0v) is 20.2. The van der Waals surface area contributed by atoms with Gasteiger partial charge in [0.2, 0.25) is 0 Å². The summed E-state index contributed by atoms with van der Waals surface area (Å²) in [5, 5.41) is 35.3. The molecule has 2 aromatic carbocycles. The maximum absolute atomic E-state index is 11.9. The van der Waals surface area contributed by atoms with Crippen LogP contribution >= 0.6 is 0 Å². The molecule has 9 heteroatoms. The van der Waals surface area contributed by atoms with Gasteiger partial charge in [0.15, 0.2) is 0 Å². The van der Waals surface area contributed by atoms with Crippen LogP contribution in [-0.4, -0.2) is 41.9 Å². The number of benzene rings is 2. The summed E-state index contributed by atoms with van der Waals surface area (Å²) in [5.41, 5.74) is 1.35. The minimum Gasteiger partial charge on any atom is -0.494 e. The molecule has 0 bridgehead atoms. The molecule has 37 heavy (non-hydrogen) atoms. The number of azo groups is 1. The fourth-order valence-corrected chi connectivity index (χ4v) is 2.74. The van der Waals surface area contributed by atoms with Crippen LogP contribution in [0.1, 0.15) is 74.2 Å². The predicted octanol–water partition coefficient (Wildman–Crippen LogP) is 6.10. The Morgan fingerprint density at radius 1 is 0.946 bits per heavy atom. The van der Waals surface area contributed by atoms with Gasteiger partial charge in [-0.15, -0.1) is 0 Å². The number of carbonyl (C=O) groups excluding carboxylic acids is 1. The van der Waals surface area contributed by atoms with E-state index >= 15 is 0 Å². The van der Waals surface area contributed by atoms with Crippen LogP contribution in [0, 0.1) is 17.2 Å². The van der Waals surface area contributed by atoms with E-state index in [-0.39, 0.29) is 31.4 Å². The standard InChI is InChI=1S/C28H35N3O6/c29-19-22-10-12-24(13-11-22)30-31-25-14-16-26(17-15-25)36-18-6-2-1-3-7-23(20-32)21-37-28(35)9-5-4-8-27(33)34/h10-17,23,32H,1-9,18,20-21H2,(H,33,34)/i3D2,6D2,7D2,18D2. The molecule has 0 heterocycles. The molecule has 0 aliphatic heterocycles. The smallest absolute Gasteiger partial charge is 0.305 e. The van der Waals surface area contributed by atoms with Gasteiger partial charge in [0.25, 0.3) is 0 Å². The Bertz CT molecular complexity index is 1350. The van der Waals surface area contributed by atoms with Crippen molar-refractivity contribution in [1.82, 2.24) is 0 Å². The van der Waals surface area contributed by atoms with Crippen LogP contribution in [0.15, 0.2) is 58.8 Å². The minimum absolute atomic E-state index is 0.0512. The third kappa shape index (κ3) is 13.2. The maximum atomic E-state index is 11.9. The Labute approximate surface area is 229 Å². The van der Waals surface area contributed by atoms with Crippen molar-refractivity contribution in [2.24, 2.45) is 16.1 Å². The molecule has 0 saturated carbocycles. The van der Waals surface area contributed by atoms with E-state index in [1.165, 1.54) is 24.3 Å². The predicted molar refractivity (Wildman–Crippen MR) is 138 cm³/mol. The number of unbranched alkanes of at least 4 members (excludes halogenated alkanes) is 1. The molecule has 0 saturated heterocycles. The molecule has 2 aromatic rings. The Morgan fingerprint density at radius 3 is 2.19 bits per heavy atom. The monoisotopic (exact) mass is 517 g/mol. The molecule has 0 spiro atoms. The summed E-state index contributed by atoms with van der Waals surface area (Å²) < 4.78 is 76.4. The lowest BCUT2D eigenvalue weighted by Crippen LogP contribution is -2.17. The van der Waals surface area contributed by atoms with Gasteiger partial charge in [-0.05, 0) is 74.1 Å². The van der Waals surface area contributed by atoms with Gasteiger partial charge in [-0.25, -0.2) is 0 Å². The Balaban J connectivity index is 1.98. The number of carboxylic acid groups (broad SMARTS) is 1. The van der Waals surface area contributed by atoms with Gasteiger partial charge in [0.1, 0.15) is 5.75 Å². The summed E-state index contributed by atoms with van der Waals surface area (Å²) >= 11 is 0. The van der Waals surface area contributed by atoms with Gasteiger partial charge in [0.05, 0.1) is 38.9 Å². The van der Waals surface area contributed by atoms with Crippen LogP contribution in [0.4, 0.5) is 11.4 Å². The van der Waals surface area contributed by atoms with E-state index in [1.54, 1.807) is 24.3 Å². The number of hydrogen-bond acceptors (Lipinski definition) is 8.